The Morgan fingerprint density at radius 2 is 2.43 bits per heavy atom. The van der Waals surface area contributed by atoms with E-state index >= 15 is 0 Å². The molecule has 0 saturated carbocycles. The van der Waals surface area contributed by atoms with Gasteiger partial charge in [0.1, 0.15) is 5.54 Å². The summed E-state index contributed by atoms with van der Waals surface area (Å²) in [7, 11) is 0. The van der Waals surface area contributed by atoms with E-state index in [1.807, 2.05) is 6.92 Å². The zero-order valence-electron chi connectivity index (χ0n) is 8.00. The van der Waals surface area contributed by atoms with Crippen molar-refractivity contribution < 1.29 is 9.90 Å². The van der Waals surface area contributed by atoms with Gasteiger partial charge in [-0.1, -0.05) is 6.92 Å². The molecule has 2 rings (SSSR count). The van der Waals surface area contributed by atoms with Gasteiger partial charge in [-0.05, 0) is 12.0 Å². The van der Waals surface area contributed by atoms with Crippen LogP contribution in [0.5, 0.6) is 0 Å². The summed E-state index contributed by atoms with van der Waals surface area (Å²) < 4.78 is 0. The molecule has 0 aromatic carbocycles. The maximum Gasteiger partial charge on any atom is 0.324 e. The normalized spacial score (nSPS) is 25.0. The number of fused-ring (bicyclic) bond motifs is 1. The van der Waals surface area contributed by atoms with Gasteiger partial charge in [0, 0.05) is 18.5 Å². The highest BCUT2D eigenvalue weighted by atomic mass is 16.4. The summed E-state index contributed by atoms with van der Waals surface area (Å²) in [6.07, 6.45) is 1.55. The first-order valence-electron chi connectivity index (χ1n) is 4.64. The summed E-state index contributed by atoms with van der Waals surface area (Å²) in [5, 5.41) is 15.9. The minimum Gasteiger partial charge on any atom is -0.480 e. The van der Waals surface area contributed by atoms with E-state index in [0.29, 0.717) is 12.8 Å². The zero-order chi connectivity index (χ0) is 10.3. The van der Waals surface area contributed by atoms with E-state index in [4.69, 9.17) is 10.8 Å². The molecule has 4 N–H and O–H groups in total. The molecule has 76 valence electrons. The van der Waals surface area contributed by atoms with Crippen LogP contribution in [-0.4, -0.2) is 26.8 Å². The number of aryl methyl sites for hydroxylation is 1. The third-order valence-electron chi connectivity index (χ3n) is 2.78. The second-order valence-electron chi connectivity index (χ2n) is 3.80. The molecule has 0 spiro atoms. The van der Waals surface area contributed by atoms with Crippen LogP contribution in [0.2, 0.25) is 0 Å². The summed E-state index contributed by atoms with van der Waals surface area (Å²) in [4.78, 5) is 10.9. The fraction of sp³-hybridized carbons (Fsp3) is 0.556. The molecule has 1 heterocycles. The fourth-order valence-electron chi connectivity index (χ4n) is 1.94. The van der Waals surface area contributed by atoms with Gasteiger partial charge in [0.2, 0.25) is 0 Å². The van der Waals surface area contributed by atoms with Crippen molar-refractivity contribution in [2.75, 3.05) is 0 Å². The summed E-state index contributed by atoms with van der Waals surface area (Å²) in [6.45, 7) is 1.99. The second-order valence-corrected chi connectivity index (χ2v) is 3.80. The summed E-state index contributed by atoms with van der Waals surface area (Å²) in [6, 6.07) is 0. The molecule has 0 bridgehead atoms. The van der Waals surface area contributed by atoms with Gasteiger partial charge < -0.3 is 10.8 Å². The van der Waals surface area contributed by atoms with Crippen LogP contribution in [0.4, 0.5) is 0 Å². The number of nitrogens with one attached hydrogen (secondary N) is 1. The monoisotopic (exact) mass is 195 g/mol. The molecule has 1 aromatic rings. The first-order valence-corrected chi connectivity index (χ1v) is 4.64. The minimum absolute atomic E-state index is 0.352. The Hall–Kier alpha value is -1.36. The van der Waals surface area contributed by atoms with Crippen molar-refractivity contribution in [2.24, 2.45) is 5.73 Å². The van der Waals surface area contributed by atoms with Gasteiger partial charge >= 0.3 is 5.97 Å². The van der Waals surface area contributed by atoms with Gasteiger partial charge in [-0.3, -0.25) is 9.89 Å². The van der Waals surface area contributed by atoms with Crippen LogP contribution >= 0.6 is 0 Å². The molecule has 0 fully saturated rings. The van der Waals surface area contributed by atoms with E-state index in [1.165, 1.54) is 0 Å². The van der Waals surface area contributed by atoms with E-state index in [-0.39, 0.29) is 0 Å². The Kier molecular flexibility index (Phi) is 1.85. The van der Waals surface area contributed by atoms with Crippen molar-refractivity contribution in [1.82, 2.24) is 10.2 Å². The molecule has 0 amide bonds. The van der Waals surface area contributed by atoms with Crippen molar-refractivity contribution in [3.8, 4) is 0 Å². The molecule has 1 aliphatic rings. The predicted molar refractivity (Wildman–Crippen MR) is 49.9 cm³/mol. The van der Waals surface area contributed by atoms with Crippen LogP contribution in [0.25, 0.3) is 0 Å². The fourth-order valence-corrected chi connectivity index (χ4v) is 1.94. The van der Waals surface area contributed by atoms with E-state index in [0.717, 1.165) is 23.4 Å². The van der Waals surface area contributed by atoms with Gasteiger partial charge in [0.25, 0.3) is 0 Å². The smallest absolute Gasteiger partial charge is 0.324 e. The highest BCUT2D eigenvalue weighted by molar-refractivity contribution is 5.80. The number of aromatic nitrogens is 2. The molecule has 5 nitrogen and oxygen atoms in total. The van der Waals surface area contributed by atoms with Crippen molar-refractivity contribution in [3.63, 3.8) is 0 Å². The molecule has 0 aliphatic heterocycles. The second kappa shape index (κ2) is 2.81. The molecule has 1 aromatic heterocycles. The summed E-state index contributed by atoms with van der Waals surface area (Å²) >= 11 is 0. The van der Waals surface area contributed by atoms with Crippen molar-refractivity contribution >= 4 is 5.97 Å². The predicted octanol–water partition coefficient (Wildman–Crippen LogP) is -0.147. The Morgan fingerprint density at radius 1 is 1.71 bits per heavy atom. The number of aromatic amines is 1. The Balaban J connectivity index is 2.34. The lowest BCUT2D eigenvalue weighted by Gasteiger charge is -2.16. The van der Waals surface area contributed by atoms with Gasteiger partial charge in [-0.2, -0.15) is 5.10 Å². The van der Waals surface area contributed by atoms with E-state index < -0.39 is 11.5 Å². The molecule has 1 unspecified atom stereocenters. The first kappa shape index (κ1) is 9.21. The topological polar surface area (TPSA) is 92.0 Å². The van der Waals surface area contributed by atoms with E-state index in [9.17, 15) is 4.79 Å². The first-order chi connectivity index (χ1) is 6.57. The van der Waals surface area contributed by atoms with E-state index in [1.54, 1.807) is 0 Å². The molecule has 0 saturated heterocycles. The average molecular weight is 195 g/mol. The lowest BCUT2D eigenvalue weighted by Crippen LogP contribution is -2.49. The Labute approximate surface area is 81.3 Å². The van der Waals surface area contributed by atoms with Crippen LogP contribution < -0.4 is 5.73 Å². The molecule has 0 radical (unpaired) electrons. The van der Waals surface area contributed by atoms with Gasteiger partial charge in [-0.25, -0.2) is 0 Å². The Bertz CT molecular complexity index is 385. The SMILES string of the molecule is CCc1n[nH]c2c1CC(N)(C(=O)O)C2. The number of rotatable bonds is 2. The largest absolute Gasteiger partial charge is 0.480 e. The van der Waals surface area contributed by atoms with Crippen LogP contribution in [0.1, 0.15) is 23.9 Å². The number of hydrogen-bond donors (Lipinski definition) is 3. The van der Waals surface area contributed by atoms with Gasteiger partial charge in [0.15, 0.2) is 0 Å². The standard InChI is InChI=1S/C9H13N3O2/c1-2-6-5-3-9(10,8(13)14)4-7(5)12-11-6/h2-4,10H2,1H3,(H,11,12)(H,13,14). The maximum absolute atomic E-state index is 10.9. The number of aliphatic carboxylic acids is 1. The number of hydrogen-bond acceptors (Lipinski definition) is 3. The highest BCUT2D eigenvalue weighted by Crippen LogP contribution is 2.29. The molecule has 1 aliphatic carbocycles. The van der Waals surface area contributed by atoms with Crippen LogP contribution in [-0.2, 0) is 24.1 Å². The highest BCUT2D eigenvalue weighted by Gasteiger charge is 2.42. The quantitative estimate of drug-likeness (QED) is 0.612. The summed E-state index contributed by atoms with van der Waals surface area (Å²) in [5.41, 5.74) is 7.46. The average Bonchev–Trinajstić information content (AvgIpc) is 2.61. The van der Waals surface area contributed by atoms with Gasteiger partial charge in [-0.15, -0.1) is 0 Å². The van der Waals surface area contributed by atoms with Crippen LogP contribution in [0, 0.1) is 0 Å². The third kappa shape index (κ3) is 1.13. The third-order valence-corrected chi connectivity index (χ3v) is 2.78. The number of carboxylic acid groups (broad SMARTS) is 1. The van der Waals surface area contributed by atoms with Crippen molar-refractivity contribution in [2.45, 2.75) is 31.7 Å². The van der Waals surface area contributed by atoms with Gasteiger partial charge in [0.05, 0.1) is 5.69 Å². The minimum atomic E-state index is -1.13. The lowest BCUT2D eigenvalue weighted by atomic mass is 9.97. The Morgan fingerprint density at radius 3 is 3.00 bits per heavy atom. The van der Waals surface area contributed by atoms with Crippen LogP contribution in [0.3, 0.4) is 0 Å². The zero-order valence-corrected chi connectivity index (χ0v) is 8.00. The molecular weight excluding hydrogens is 182 g/mol. The molecule has 5 heteroatoms. The van der Waals surface area contributed by atoms with Crippen LogP contribution in [0.15, 0.2) is 0 Å². The number of carbonyl (C=O) groups is 1. The van der Waals surface area contributed by atoms with E-state index in [2.05, 4.69) is 10.2 Å². The number of nitrogens with two attached hydrogens (primary N) is 1. The molecule has 14 heavy (non-hydrogen) atoms. The van der Waals surface area contributed by atoms with Crippen molar-refractivity contribution in [1.29, 1.82) is 0 Å². The molecular formula is C9H13N3O2. The number of H-pyrrole nitrogens is 1. The van der Waals surface area contributed by atoms with Crippen molar-refractivity contribution in [3.05, 3.63) is 17.0 Å². The number of carboxylic acids is 1. The summed E-state index contributed by atoms with van der Waals surface area (Å²) in [5.74, 6) is -0.941. The number of nitrogens with zero attached hydrogens (tertiary/aromatic N) is 1. The molecule has 1 atom stereocenters. The lowest BCUT2D eigenvalue weighted by molar-refractivity contribution is -0.142. The maximum atomic E-state index is 10.9.